The lowest BCUT2D eigenvalue weighted by atomic mass is 9.86. The minimum absolute atomic E-state index is 0.0304. The van der Waals surface area contributed by atoms with Gasteiger partial charge in [0.25, 0.3) is 5.91 Å². The number of nitrogens with zero attached hydrogens (tertiary/aromatic N) is 6. The predicted octanol–water partition coefficient (Wildman–Crippen LogP) is 2.16. The highest BCUT2D eigenvalue weighted by molar-refractivity contribution is 5.98. The van der Waals surface area contributed by atoms with Crippen LogP contribution in [-0.4, -0.2) is 61.3 Å². The molecular formula is C22H24N8O2. The van der Waals surface area contributed by atoms with Gasteiger partial charge in [0.2, 0.25) is 5.89 Å². The number of nitrogens with two attached hydrogens (primary N) is 1. The molecule has 0 bridgehead atoms. The first-order valence-electron chi connectivity index (χ1n) is 10.4. The molecule has 0 saturated heterocycles. The summed E-state index contributed by atoms with van der Waals surface area (Å²) in [5.41, 5.74) is 9.60. The van der Waals surface area contributed by atoms with Crippen LogP contribution in [0.3, 0.4) is 0 Å². The first kappa shape index (κ1) is 20.1. The Hall–Kier alpha value is -3.79. The molecule has 0 aromatic carbocycles. The Morgan fingerprint density at radius 3 is 2.75 bits per heavy atom. The lowest BCUT2D eigenvalue weighted by Gasteiger charge is -2.39. The van der Waals surface area contributed by atoms with E-state index in [1.807, 2.05) is 43.7 Å². The normalized spacial score (nSPS) is 18.1. The highest BCUT2D eigenvalue weighted by Crippen LogP contribution is 2.31. The molecular weight excluding hydrogens is 408 g/mol. The minimum atomic E-state index is -0.336. The summed E-state index contributed by atoms with van der Waals surface area (Å²) in [5, 5.41) is 3.02. The van der Waals surface area contributed by atoms with Gasteiger partial charge < -0.3 is 24.8 Å². The number of rotatable bonds is 5. The zero-order chi connectivity index (χ0) is 22.4. The summed E-state index contributed by atoms with van der Waals surface area (Å²) in [6.07, 6.45) is 8.46. The van der Waals surface area contributed by atoms with Gasteiger partial charge in [0.15, 0.2) is 17.2 Å². The van der Waals surface area contributed by atoms with Gasteiger partial charge in [0.1, 0.15) is 17.6 Å². The molecule has 0 aliphatic heterocycles. The molecule has 10 heteroatoms. The van der Waals surface area contributed by atoms with E-state index in [0.29, 0.717) is 17.4 Å². The zero-order valence-electron chi connectivity index (χ0n) is 18.1. The van der Waals surface area contributed by atoms with Crippen LogP contribution in [0.15, 0.2) is 41.4 Å². The molecule has 1 amide bonds. The summed E-state index contributed by atoms with van der Waals surface area (Å²) in [7, 11) is 4.08. The summed E-state index contributed by atoms with van der Waals surface area (Å²) in [6, 6.07) is 4.33. The fraction of sp³-hybridized carbons (Fsp3) is 0.318. The maximum Gasteiger partial charge on any atom is 0.273 e. The van der Waals surface area contributed by atoms with Gasteiger partial charge in [-0.2, -0.15) is 0 Å². The van der Waals surface area contributed by atoms with E-state index in [0.717, 1.165) is 29.7 Å². The third-order valence-corrected chi connectivity index (χ3v) is 5.92. The van der Waals surface area contributed by atoms with E-state index in [9.17, 15) is 4.79 Å². The maximum absolute atomic E-state index is 13.0. The smallest absolute Gasteiger partial charge is 0.273 e. The standard InChI is InChI=1S/C22H24N8O2/c1-12-10-25-16-5-4-13(11-30(12)16)17-18(22-24-6-7-32-22)28-20(23)19(27-17)21(31)26-14-8-15(9-14)29(2)3/h4-7,10-11,14-15H,8-9H2,1-3H3,(H2,23,28)(H,26,31)/t14-,15-. The van der Waals surface area contributed by atoms with Crippen LogP contribution in [0.4, 0.5) is 5.82 Å². The number of pyridine rings is 1. The molecule has 1 aliphatic carbocycles. The van der Waals surface area contributed by atoms with Gasteiger partial charge in [-0.25, -0.2) is 19.9 Å². The second kappa shape index (κ2) is 7.72. The molecule has 1 aliphatic rings. The highest BCUT2D eigenvalue weighted by Gasteiger charge is 2.33. The Labute approximate surface area is 184 Å². The van der Waals surface area contributed by atoms with Crippen LogP contribution in [0.5, 0.6) is 0 Å². The van der Waals surface area contributed by atoms with E-state index in [2.05, 4.69) is 30.2 Å². The predicted molar refractivity (Wildman–Crippen MR) is 119 cm³/mol. The number of fused-ring (bicyclic) bond motifs is 1. The molecule has 164 valence electrons. The Kier molecular flexibility index (Phi) is 4.86. The molecule has 0 atom stereocenters. The van der Waals surface area contributed by atoms with Crippen molar-refractivity contribution in [2.45, 2.75) is 31.8 Å². The number of hydrogen-bond acceptors (Lipinski definition) is 8. The quantitative estimate of drug-likeness (QED) is 0.491. The van der Waals surface area contributed by atoms with E-state index < -0.39 is 0 Å². The van der Waals surface area contributed by atoms with Gasteiger partial charge in [-0.15, -0.1) is 0 Å². The lowest BCUT2D eigenvalue weighted by molar-refractivity contribution is 0.0849. The average molecular weight is 432 g/mol. The molecule has 5 rings (SSSR count). The summed E-state index contributed by atoms with van der Waals surface area (Å²) in [6.45, 7) is 1.96. The van der Waals surface area contributed by atoms with E-state index in [1.54, 1.807) is 6.20 Å². The van der Waals surface area contributed by atoms with Gasteiger partial charge in [0, 0.05) is 35.7 Å². The molecule has 0 radical (unpaired) electrons. The van der Waals surface area contributed by atoms with Crippen molar-refractivity contribution in [3.63, 3.8) is 0 Å². The van der Waals surface area contributed by atoms with E-state index in [4.69, 9.17) is 10.2 Å². The van der Waals surface area contributed by atoms with Crippen molar-refractivity contribution in [2.75, 3.05) is 19.8 Å². The number of anilines is 1. The topological polar surface area (TPSA) is 127 Å². The Morgan fingerprint density at radius 2 is 2.03 bits per heavy atom. The van der Waals surface area contributed by atoms with Gasteiger partial charge >= 0.3 is 0 Å². The Morgan fingerprint density at radius 1 is 1.22 bits per heavy atom. The lowest BCUT2D eigenvalue weighted by Crippen LogP contribution is -2.52. The van der Waals surface area contributed by atoms with E-state index >= 15 is 0 Å². The summed E-state index contributed by atoms with van der Waals surface area (Å²) in [5.74, 6) is -0.0263. The molecule has 4 aromatic rings. The number of carbonyl (C=O) groups is 1. The van der Waals surface area contributed by atoms with Crippen molar-refractivity contribution < 1.29 is 9.21 Å². The third-order valence-electron chi connectivity index (χ3n) is 5.92. The number of hydrogen-bond donors (Lipinski definition) is 2. The Balaban J connectivity index is 1.54. The second-order valence-corrected chi connectivity index (χ2v) is 8.30. The average Bonchev–Trinajstić information content (AvgIpc) is 3.40. The van der Waals surface area contributed by atoms with Crippen molar-refractivity contribution >= 4 is 17.4 Å². The van der Waals surface area contributed by atoms with Crippen LogP contribution in [0, 0.1) is 6.92 Å². The molecule has 0 spiro atoms. The Bertz CT molecular complexity index is 1290. The number of carbonyl (C=O) groups excluding carboxylic acids is 1. The fourth-order valence-electron chi connectivity index (χ4n) is 3.93. The number of amides is 1. The van der Waals surface area contributed by atoms with Crippen LogP contribution in [-0.2, 0) is 0 Å². The number of aryl methyl sites for hydroxylation is 1. The van der Waals surface area contributed by atoms with Crippen molar-refractivity contribution in [3.05, 3.63) is 48.4 Å². The van der Waals surface area contributed by atoms with Crippen molar-refractivity contribution in [3.8, 4) is 22.8 Å². The van der Waals surface area contributed by atoms with E-state index in [1.165, 1.54) is 12.5 Å². The number of nitrogen functional groups attached to an aromatic ring is 1. The van der Waals surface area contributed by atoms with Gasteiger partial charge in [-0.1, -0.05) is 0 Å². The molecule has 1 saturated carbocycles. The van der Waals surface area contributed by atoms with E-state index in [-0.39, 0.29) is 29.4 Å². The largest absolute Gasteiger partial charge is 0.443 e. The van der Waals surface area contributed by atoms with Crippen LogP contribution >= 0.6 is 0 Å². The van der Waals surface area contributed by atoms with Crippen molar-refractivity contribution in [1.82, 2.24) is 34.6 Å². The van der Waals surface area contributed by atoms with Crippen molar-refractivity contribution in [2.24, 2.45) is 0 Å². The molecule has 4 aromatic heterocycles. The summed E-state index contributed by atoms with van der Waals surface area (Å²) >= 11 is 0. The highest BCUT2D eigenvalue weighted by atomic mass is 16.3. The monoisotopic (exact) mass is 432 g/mol. The van der Waals surface area contributed by atoms with Crippen LogP contribution in [0.2, 0.25) is 0 Å². The first-order valence-corrected chi connectivity index (χ1v) is 10.4. The van der Waals surface area contributed by atoms with Gasteiger partial charge in [0.05, 0.1) is 6.20 Å². The van der Waals surface area contributed by atoms with Crippen molar-refractivity contribution in [1.29, 1.82) is 0 Å². The van der Waals surface area contributed by atoms with Gasteiger partial charge in [-0.05, 0) is 46.0 Å². The SMILES string of the molecule is Cc1cnc2ccc(-c3nc(C(=O)N[C@H]4C[C@H](N(C)C)C4)c(N)nc3-c3ncco3)cn12. The van der Waals surface area contributed by atoms with Crippen LogP contribution in [0.25, 0.3) is 28.5 Å². The number of imidazole rings is 1. The van der Waals surface area contributed by atoms with Crippen LogP contribution in [0.1, 0.15) is 29.0 Å². The second-order valence-electron chi connectivity index (χ2n) is 8.30. The minimum Gasteiger partial charge on any atom is -0.443 e. The number of nitrogens with one attached hydrogen (secondary N) is 1. The fourth-order valence-corrected chi connectivity index (χ4v) is 3.93. The first-order chi connectivity index (χ1) is 15.4. The molecule has 4 heterocycles. The number of oxazole rings is 1. The van der Waals surface area contributed by atoms with Gasteiger partial charge in [-0.3, -0.25) is 4.79 Å². The number of aromatic nitrogens is 5. The molecule has 10 nitrogen and oxygen atoms in total. The summed E-state index contributed by atoms with van der Waals surface area (Å²) < 4.78 is 7.41. The van der Waals surface area contributed by atoms with Crippen LogP contribution < -0.4 is 11.1 Å². The summed E-state index contributed by atoms with van der Waals surface area (Å²) in [4.78, 5) is 32.8. The molecule has 1 fully saturated rings. The maximum atomic E-state index is 13.0. The molecule has 32 heavy (non-hydrogen) atoms. The molecule has 0 unspecified atom stereocenters. The molecule has 3 N–H and O–H groups in total. The zero-order valence-corrected chi connectivity index (χ0v) is 18.1. The third kappa shape index (κ3) is 3.48.